The Balaban J connectivity index is 1.49. The minimum absolute atomic E-state index is 0.00865. The first-order valence-electron chi connectivity index (χ1n) is 14.9. The number of nitrogens with zero attached hydrogens (tertiary/aromatic N) is 2. The molecule has 0 saturated carbocycles. The molecule has 1 saturated heterocycles. The first-order chi connectivity index (χ1) is 21.8. The van der Waals surface area contributed by atoms with Crippen molar-refractivity contribution in [3.63, 3.8) is 0 Å². The summed E-state index contributed by atoms with van der Waals surface area (Å²) >= 11 is 6.52. The zero-order valence-corrected chi connectivity index (χ0v) is 26.4. The Kier molecular flexibility index (Phi) is 10.0. The van der Waals surface area contributed by atoms with Gasteiger partial charge in [-0.25, -0.2) is 4.79 Å². The fourth-order valence-corrected chi connectivity index (χ4v) is 5.78. The Morgan fingerprint density at radius 1 is 0.867 bits per heavy atom. The van der Waals surface area contributed by atoms with Crippen molar-refractivity contribution in [1.82, 2.24) is 5.43 Å². The lowest BCUT2D eigenvalue weighted by molar-refractivity contribution is -0.120. The molecular formula is C36H36ClN3O5. The molecule has 8 nitrogen and oxygen atoms in total. The van der Waals surface area contributed by atoms with Crippen LogP contribution in [0.2, 0.25) is 5.02 Å². The van der Waals surface area contributed by atoms with E-state index in [1.807, 2.05) is 60.7 Å². The van der Waals surface area contributed by atoms with Crippen LogP contribution in [0.15, 0.2) is 84.9 Å². The van der Waals surface area contributed by atoms with Gasteiger partial charge in [0.2, 0.25) is 5.91 Å². The number of carbonyl (C=O) groups is 3. The number of carbonyl (C=O) groups excluding carboxylic acids is 3. The van der Waals surface area contributed by atoms with E-state index in [2.05, 4.69) is 16.4 Å². The largest absolute Gasteiger partial charge is 0.496 e. The Labute approximate surface area is 268 Å². The Morgan fingerprint density at radius 2 is 1.60 bits per heavy atom. The van der Waals surface area contributed by atoms with Gasteiger partial charge in [0, 0.05) is 23.7 Å². The van der Waals surface area contributed by atoms with Crippen molar-refractivity contribution in [3.8, 4) is 16.9 Å². The number of hydrogen-bond acceptors (Lipinski definition) is 7. The van der Waals surface area contributed by atoms with Crippen LogP contribution in [0.4, 0.5) is 17.1 Å². The summed E-state index contributed by atoms with van der Waals surface area (Å²) in [6.45, 7) is 3.43. The molecule has 1 aliphatic heterocycles. The van der Waals surface area contributed by atoms with Gasteiger partial charge in [0.15, 0.2) is 5.78 Å². The maximum Gasteiger partial charge on any atom is 0.341 e. The average molecular weight is 626 g/mol. The Morgan fingerprint density at radius 3 is 2.29 bits per heavy atom. The summed E-state index contributed by atoms with van der Waals surface area (Å²) in [6.07, 6.45) is 3.35. The lowest BCUT2D eigenvalue weighted by Gasteiger charge is -2.34. The van der Waals surface area contributed by atoms with Crippen molar-refractivity contribution in [1.29, 1.82) is 0 Å². The monoisotopic (exact) mass is 625 g/mol. The minimum Gasteiger partial charge on any atom is -0.496 e. The van der Waals surface area contributed by atoms with Crippen molar-refractivity contribution < 1.29 is 23.9 Å². The van der Waals surface area contributed by atoms with Gasteiger partial charge in [0.1, 0.15) is 11.3 Å². The molecule has 4 aromatic rings. The van der Waals surface area contributed by atoms with Gasteiger partial charge in [0.05, 0.1) is 37.7 Å². The molecule has 1 heterocycles. The van der Waals surface area contributed by atoms with Crippen LogP contribution in [-0.4, -0.2) is 45.0 Å². The highest BCUT2D eigenvalue weighted by Gasteiger charge is 2.23. The van der Waals surface area contributed by atoms with Gasteiger partial charge in [-0.1, -0.05) is 54.1 Å². The van der Waals surface area contributed by atoms with Gasteiger partial charge in [-0.05, 0) is 85.3 Å². The topological polar surface area (TPSA) is 88.2 Å². The van der Waals surface area contributed by atoms with Gasteiger partial charge < -0.3 is 14.4 Å². The molecule has 0 aliphatic carbocycles. The minimum atomic E-state index is -0.582. The maximum absolute atomic E-state index is 13.7. The van der Waals surface area contributed by atoms with Crippen LogP contribution in [0.25, 0.3) is 11.1 Å². The van der Waals surface area contributed by atoms with E-state index in [0.717, 1.165) is 54.1 Å². The van der Waals surface area contributed by atoms with Gasteiger partial charge >= 0.3 is 5.97 Å². The molecule has 232 valence electrons. The summed E-state index contributed by atoms with van der Waals surface area (Å²) in [5.74, 6) is -0.613. The summed E-state index contributed by atoms with van der Waals surface area (Å²) in [5, 5.41) is 2.06. The molecule has 1 amide bonds. The predicted molar refractivity (Wildman–Crippen MR) is 178 cm³/mol. The lowest BCUT2D eigenvalue weighted by atomic mass is 10.0. The second kappa shape index (κ2) is 14.3. The van der Waals surface area contributed by atoms with Crippen LogP contribution >= 0.6 is 11.6 Å². The summed E-state index contributed by atoms with van der Waals surface area (Å²) in [7, 11) is 2.72. The molecule has 0 radical (unpaired) electrons. The highest BCUT2D eigenvalue weighted by molar-refractivity contribution is 6.32. The molecule has 1 fully saturated rings. The standard InChI is InChI=1S/C36H36ClN3O5/c1-24(41)26-10-9-11-27(20-26)25-14-16-29(17-15-25)40(33-13-6-5-12-32(33)39-18-7-4-8-19-39)38-35(42)22-28-21-34(44-2)30(23-31(28)37)36(43)45-3/h5-6,9-17,20-21,23H,4,7-8,18-19,22H2,1-3H3,(H,38,42). The van der Waals surface area contributed by atoms with Crippen LogP contribution in [0.3, 0.4) is 0 Å². The number of ketones is 1. The average Bonchev–Trinajstić information content (AvgIpc) is 3.08. The number of halogens is 1. The maximum atomic E-state index is 13.7. The van der Waals surface area contributed by atoms with E-state index < -0.39 is 5.97 Å². The molecule has 5 rings (SSSR count). The fourth-order valence-electron chi connectivity index (χ4n) is 5.55. The molecule has 0 aromatic heterocycles. The second-order valence-corrected chi connectivity index (χ2v) is 11.3. The molecule has 4 aromatic carbocycles. The number of para-hydroxylation sites is 2. The number of benzene rings is 4. The Bertz CT molecular complexity index is 1700. The van der Waals surface area contributed by atoms with Crippen LogP contribution < -0.4 is 20.1 Å². The highest BCUT2D eigenvalue weighted by atomic mass is 35.5. The van der Waals surface area contributed by atoms with Crippen LogP contribution in [0.5, 0.6) is 5.75 Å². The molecule has 1 aliphatic rings. The van der Waals surface area contributed by atoms with E-state index in [4.69, 9.17) is 21.1 Å². The van der Waals surface area contributed by atoms with E-state index in [0.29, 0.717) is 11.1 Å². The van der Waals surface area contributed by atoms with Crippen molar-refractivity contribution in [3.05, 3.63) is 107 Å². The summed E-state index contributed by atoms with van der Waals surface area (Å²) < 4.78 is 10.2. The number of ether oxygens (including phenoxy) is 2. The number of rotatable bonds is 10. The summed E-state index contributed by atoms with van der Waals surface area (Å²) in [6, 6.07) is 26.5. The van der Waals surface area contributed by atoms with Gasteiger partial charge in [0.25, 0.3) is 0 Å². The number of esters is 1. The molecule has 9 heteroatoms. The third-order valence-electron chi connectivity index (χ3n) is 7.91. The highest BCUT2D eigenvalue weighted by Crippen LogP contribution is 2.36. The van der Waals surface area contributed by atoms with Crippen LogP contribution in [-0.2, 0) is 16.0 Å². The third kappa shape index (κ3) is 7.29. The predicted octanol–water partition coefficient (Wildman–Crippen LogP) is 7.41. The number of amides is 1. The zero-order valence-electron chi connectivity index (χ0n) is 25.6. The first-order valence-corrected chi connectivity index (χ1v) is 15.3. The quantitative estimate of drug-likeness (QED) is 0.112. The van der Waals surface area contributed by atoms with Crippen molar-refractivity contribution in [2.75, 3.05) is 37.2 Å². The molecule has 45 heavy (non-hydrogen) atoms. The molecule has 0 unspecified atom stereocenters. The number of hydrogen-bond donors (Lipinski definition) is 1. The molecule has 0 spiro atoms. The first kappa shape index (κ1) is 31.6. The Hall–Kier alpha value is -4.82. The number of hydrazine groups is 1. The van der Waals surface area contributed by atoms with E-state index in [1.54, 1.807) is 24.1 Å². The zero-order chi connectivity index (χ0) is 31.9. The van der Waals surface area contributed by atoms with Gasteiger partial charge in [-0.2, -0.15) is 0 Å². The number of methoxy groups -OCH3 is 2. The van der Waals surface area contributed by atoms with Crippen molar-refractivity contribution >= 4 is 46.3 Å². The molecule has 0 bridgehead atoms. The van der Waals surface area contributed by atoms with E-state index >= 15 is 0 Å². The number of nitrogens with one attached hydrogen (secondary N) is 1. The molecule has 0 atom stereocenters. The van der Waals surface area contributed by atoms with E-state index in [1.165, 1.54) is 26.7 Å². The van der Waals surface area contributed by atoms with Crippen LogP contribution in [0, 0.1) is 0 Å². The summed E-state index contributed by atoms with van der Waals surface area (Å²) in [4.78, 5) is 40.2. The van der Waals surface area contributed by atoms with Gasteiger partial charge in [-0.15, -0.1) is 0 Å². The van der Waals surface area contributed by atoms with Crippen molar-refractivity contribution in [2.45, 2.75) is 32.6 Å². The SMILES string of the molecule is COC(=O)c1cc(Cl)c(CC(=O)NN(c2ccc(-c3cccc(C(C)=O)c3)cc2)c2ccccc2N2CCCCC2)cc1OC. The molecule has 1 N–H and O–H groups in total. The third-order valence-corrected chi connectivity index (χ3v) is 8.26. The summed E-state index contributed by atoms with van der Waals surface area (Å²) in [5.41, 5.74) is 8.93. The number of piperidine rings is 1. The number of anilines is 3. The van der Waals surface area contributed by atoms with Gasteiger partial charge in [-0.3, -0.25) is 20.0 Å². The normalized spacial score (nSPS) is 12.8. The van der Waals surface area contributed by atoms with E-state index in [9.17, 15) is 14.4 Å². The van der Waals surface area contributed by atoms with Crippen molar-refractivity contribution in [2.24, 2.45) is 0 Å². The van der Waals surface area contributed by atoms with Crippen LogP contribution in [0.1, 0.15) is 52.5 Å². The van der Waals surface area contributed by atoms with E-state index in [-0.39, 0.29) is 34.4 Å². The smallest absolute Gasteiger partial charge is 0.341 e. The number of Topliss-reactive ketones (excluding diaryl/α,β-unsaturated/α-hetero) is 1. The lowest BCUT2D eigenvalue weighted by Crippen LogP contribution is -2.41. The fraction of sp³-hybridized carbons (Fsp3) is 0.250. The second-order valence-electron chi connectivity index (χ2n) is 10.9. The molecular weight excluding hydrogens is 590 g/mol.